The third kappa shape index (κ3) is 5.00. The van der Waals surface area contributed by atoms with Gasteiger partial charge in [-0.3, -0.25) is 4.79 Å². The minimum atomic E-state index is -0.613. The smallest absolute Gasteiger partial charge is 0.285 e. The first-order chi connectivity index (χ1) is 8.88. The first kappa shape index (κ1) is 15.7. The van der Waals surface area contributed by atoms with Gasteiger partial charge < -0.3 is 5.32 Å². The molecule has 0 radical (unpaired) electrons. The van der Waals surface area contributed by atoms with E-state index in [2.05, 4.69) is 37.2 Å². The van der Waals surface area contributed by atoms with Crippen LogP contribution in [0.25, 0.3) is 0 Å². The highest BCUT2D eigenvalue weighted by molar-refractivity contribution is 8.13. The second kappa shape index (κ2) is 6.68. The Morgan fingerprint density at radius 2 is 2.21 bits per heavy atom. The summed E-state index contributed by atoms with van der Waals surface area (Å²) in [6.45, 7) is 7.96. The molecule has 0 aliphatic rings. The molecule has 1 aromatic rings. The van der Waals surface area contributed by atoms with Crippen LogP contribution in [-0.2, 0) is 0 Å². The highest BCUT2D eigenvalue weighted by Gasteiger charge is 2.17. The SMILES string of the molecule is C#CC(C)(C)NC(=O)Sc1cccc([C@@H](C)CC)c1. The highest BCUT2D eigenvalue weighted by Crippen LogP contribution is 2.25. The van der Waals surface area contributed by atoms with Crippen LogP contribution in [0.2, 0.25) is 0 Å². The second-order valence-electron chi connectivity index (χ2n) is 5.17. The Bertz CT molecular complexity index is 488. The Kier molecular flexibility index (Phi) is 5.50. The van der Waals surface area contributed by atoms with Crippen LogP contribution in [0.15, 0.2) is 29.2 Å². The molecule has 0 fully saturated rings. The number of amides is 1. The van der Waals surface area contributed by atoms with Crippen molar-refractivity contribution in [3.05, 3.63) is 29.8 Å². The molecule has 2 nitrogen and oxygen atoms in total. The van der Waals surface area contributed by atoms with Crippen molar-refractivity contribution in [3.63, 3.8) is 0 Å². The summed E-state index contributed by atoms with van der Waals surface area (Å²) in [5.41, 5.74) is 0.648. The quantitative estimate of drug-likeness (QED) is 0.651. The van der Waals surface area contributed by atoms with Crippen molar-refractivity contribution in [2.45, 2.75) is 50.5 Å². The molecule has 0 heterocycles. The lowest BCUT2D eigenvalue weighted by Crippen LogP contribution is -2.39. The van der Waals surface area contributed by atoms with Gasteiger partial charge in [-0.05, 0) is 55.6 Å². The van der Waals surface area contributed by atoms with Crippen LogP contribution in [-0.4, -0.2) is 10.8 Å². The lowest BCUT2D eigenvalue weighted by Gasteiger charge is -2.19. The summed E-state index contributed by atoms with van der Waals surface area (Å²) in [7, 11) is 0. The fourth-order valence-electron chi connectivity index (χ4n) is 1.54. The number of thioether (sulfide) groups is 1. The minimum absolute atomic E-state index is 0.121. The van der Waals surface area contributed by atoms with E-state index in [1.807, 2.05) is 12.1 Å². The summed E-state index contributed by atoms with van der Waals surface area (Å²) in [4.78, 5) is 12.8. The number of carbonyl (C=O) groups excluding carboxylic acids is 1. The van der Waals surface area contributed by atoms with Gasteiger partial charge >= 0.3 is 0 Å². The van der Waals surface area contributed by atoms with Crippen LogP contribution in [0.5, 0.6) is 0 Å². The van der Waals surface area contributed by atoms with Crippen molar-refractivity contribution in [2.75, 3.05) is 0 Å². The van der Waals surface area contributed by atoms with Gasteiger partial charge in [-0.25, -0.2) is 0 Å². The number of terminal acetylenes is 1. The monoisotopic (exact) mass is 275 g/mol. The molecule has 0 unspecified atom stereocenters. The van der Waals surface area contributed by atoms with E-state index in [1.165, 1.54) is 17.3 Å². The Morgan fingerprint density at radius 1 is 1.53 bits per heavy atom. The summed E-state index contributed by atoms with van der Waals surface area (Å²) in [5.74, 6) is 3.06. The molecule has 3 heteroatoms. The summed E-state index contributed by atoms with van der Waals surface area (Å²) in [6, 6.07) is 8.10. The summed E-state index contributed by atoms with van der Waals surface area (Å²) in [6.07, 6.45) is 6.44. The van der Waals surface area contributed by atoms with Crippen LogP contribution in [0.4, 0.5) is 4.79 Å². The highest BCUT2D eigenvalue weighted by atomic mass is 32.2. The molecular formula is C16H21NOS. The van der Waals surface area contributed by atoms with Crippen molar-refractivity contribution in [2.24, 2.45) is 0 Å². The van der Waals surface area contributed by atoms with Gasteiger partial charge in [-0.15, -0.1) is 6.42 Å². The zero-order valence-electron chi connectivity index (χ0n) is 12.0. The van der Waals surface area contributed by atoms with Crippen LogP contribution in [0, 0.1) is 12.3 Å². The zero-order valence-corrected chi connectivity index (χ0v) is 12.8. The Labute approximate surface area is 120 Å². The maximum absolute atomic E-state index is 11.9. The van der Waals surface area contributed by atoms with Gasteiger partial charge in [0.25, 0.3) is 5.24 Å². The molecule has 1 amide bonds. The maximum Gasteiger partial charge on any atom is 0.285 e. The van der Waals surface area contributed by atoms with E-state index < -0.39 is 5.54 Å². The van der Waals surface area contributed by atoms with E-state index in [9.17, 15) is 4.79 Å². The van der Waals surface area contributed by atoms with Crippen LogP contribution >= 0.6 is 11.8 Å². The second-order valence-corrected chi connectivity index (χ2v) is 6.21. The van der Waals surface area contributed by atoms with Gasteiger partial charge in [-0.2, -0.15) is 0 Å². The fourth-order valence-corrected chi connectivity index (χ4v) is 2.41. The first-order valence-electron chi connectivity index (χ1n) is 6.45. The summed E-state index contributed by atoms with van der Waals surface area (Å²) < 4.78 is 0. The molecule has 0 saturated carbocycles. The van der Waals surface area contributed by atoms with Crippen molar-refractivity contribution in [1.29, 1.82) is 0 Å². The van der Waals surface area contributed by atoms with Crippen molar-refractivity contribution >= 4 is 17.0 Å². The molecular weight excluding hydrogens is 254 g/mol. The van der Waals surface area contributed by atoms with Gasteiger partial charge in [-0.1, -0.05) is 31.9 Å². The number of rotatable bonds is 4. The molecule has 1 aromatic carbocycles. The van der Waals surface area contributed by atoms with Gasteiger partial charge in [0.05, 0.1) is 5.54 Å². The molecule has 0 aromatic heterocycles. The van der Waals surface area contributed by atoms with Crippen LogP contribution < -0.4 is 5.32 Å². The molecule has 0 saturated heterocycles. The maximum atomic E-state index is 11.9. The number of carbonyl (C=O) groups is 1. The molecule has 19 heavy (non-hydrogen) atoms. The summed E-state index contributed by atoms with van der Waals surface area (Å²) >= 11 is 1.18. The van der Waals surface area contributed by atoms with E-state index in [0.29, 0.717) is 5.92 Å². The lowest BCUT2D eigenvalue weighted by molar-refractivity contribution is 0.256. The topological polar surface area (TPSA) is 29.1 Å². The molecule has 1 atom stereocenters. The zero-order chi connectivity index (χ0) is 14.5. The molecule has 0 bridgehead atoms. The Morgan fingerprint density at radius 3 is 2.79 bits per heavy atom. The molecule has 102 valence electrons. The summed E-state index contributed by atoms with van der Waals surface area (Å²) in [5, 5.41) is 2.68. The standard InChI is InChI=1S/C16H21NOS/c1-6-12(3)13-9-8-10-14(11-13)19-15(18)17-16(4,5)7-2/h2,8-12H,6H2,1,3-5H3,(H,17,18)/t12-/m0/s1. The first-order valence-corrected chi connectivity index (χ1v) is 7.27. The average Bonchev–Trinajstić information content (AvgIpc) is 2.37. The fraction of sp³-hybridized carbons (Fsp3) is 0.438. The Hall–Kier alpha value is -1.40. The van der Waals surface area contributed by atoms with Crippen molar-refractivity contribution in [1.82, 2.24) is 5.32 Å². The lowest BCUT2D eigenvalue weighted by atomic mass is 9.99. The van der Waals surface area contributed by atoms with Gasteiger partial charge in [0, 0.05) is 4.90 Å². The van der Waals surface area contributed by atoms with Crippen molar-refractivity contribution < 1.29 is 4.79 Å². The van der Waals surface area contributed by atoms with E-state index in [0.717, 1.165) is 11.3 Å². The van der Waals surface area contributed by atoms with E-state index in [1.54, 1.807) is 13.8 Å². The van der Waals surface area contributed by atoms with E-state index in [-0.39, 0.29) is 5.24 Å². The van der Waals surface area contributed by atoms with Gasteiger partial charge in [0.2, 0.25) is 0 Å². The predicted molar refractivity (Wildman–Crippen MR) is 82.4 cm³/mol. The Balaban J connectivity index is 2.73. The van der Waals surface area contributed by atoms with Gasteiger partial charge in [0.15, 0.2) is 0 Å². The number of hydrogen-bond donors (Lipinski definition) is 1. The largest absolute Gasteiger partial charge is 0.331 e. The predicted octanol–water partition coefficient (Wildman–Crippen LogP) is 4.41. The molecule has 1 N–H and O–H groups in total. The molecule has 1 rings (SSSR count). The van der Waals surface area contributed by atoms with Crippen LogP contribution in [0.1, 0.15) is 45.6 Å². The third-order valence-electron chi connectivity index (χ3n) is 3.03. The van der Waals surface area contributed by atoms with Crippen molar-refractivity contribution in [3.8, 4) is 12.3 Å². The molecule has 0 spiro atoms. The number of nitrogens with one attached hydrogen (secondary N) is 1. The van der Waals surface area contributed by atoms with Crippen LogP contribution in [0.3, 0.4) is 0 Å². The number of benzene rings is 1. The normalized spacial score (nSPS) is 12.6. The average molecular weight is 275 g/mol. The van der Waals surface area contributed by atoms with E-state index >= 15 is 0 Å². The third-order valence-corrected chi connectivity index (χ3v) is 3.80. The minimum Gasteiger partial charge on any atom is -0.331 e. The molecule has 0 aliphatic carbocycles. The molecule has 0 aliphatic heterocycles. The van der Waals surface area contributed by atoms with E-state index in [4.69, 9.17) is 6.42 Å². The van der Waals surface area contributed by atoms with Gasteiger partial charge in [0.1, 0.15) is 0 Å². The number of hydrogen-bond acceptors (Lipinski definition) is 2.